The van der Waals surface area contributed by atoms with Gasteiger partial charge >= 0.3 is 5.97 Å². The van der Waals surface area contributed by atoms with Gasteiger partial charge in [0, 0.05) is 6.04 Å². The maximum absolute atomic E-state index is 10.8. The van der Waals surface area contributed by atoms with E-state index in [9.17, 15) is 4.79 Å². The summed E-state index contributed by atoms with van der Waals surface area (Å²) in [4.78, 5) is 10.8. The van der Waals surface area contributed by atoms with Crippen molar-refractivity contribution in [3.63, 3.8) is 0 Å². The molecule has 0 bridgehead atoms. The summed E-state index contributed by atoms with van der Waals surface area (Å²) in [5.41, 5.74) is 1.25. The Morgan fingerprint density at radius 2 is 2.00 bits per heavy atom. The average Bonchev–Trinajstić information content (AvgIpc) is 2.30. The lowest BCUT2D eigenvalue weighted by Crippen LogP contribution is -2.42. The zero-order valence-corrected chi connectivity index (χ0v) is 10.5. The zero-order valence-electron chi connectivity index (χ0n) is 10.5. The molecule has 1 rings (SSSR count). The summed E-state index contributed by atoms with van der Waals surface area (Å²) in [6, 6.07) is 9.92. The molecule has 2 N–H and O–H groups in total. The fourth-order valence-corrected chi connectivity index (χ4v) is 1.92. The van der Waals surface area contributed by atoms with Gasteiger partial charge in [-0.3, -0.25) is 4.79 Å². The molecule has 0 aromatic heterocycles. The molecule has 0 radical (unpaired) electrons. The molecule has 1 aromatic carbocycles. The quantitative estimate of drug-likeness (QED) is 0.763. The topological polar surface area (TPSA) is 49.3 Å². The number of carbonyl (C=O) groups is 1. The van der Waals surface area contributed by atoms with E-state index in [2.05, 4.69) is 24.4 Å². The summed E-state index contributed by atoms with van der Waals surface area (Å²) < 4.78 is 0. The molecule has 0 fully saturated rings. The van der Waals surface area contributed by atoms with Crippen molar-refractivity contribution >= 4 is 5.97 Å². The first-order chi connectivity index (χ1) is 8.13. The molecule has 0 saturated carbocycles. The Bertz CT molecular complexity index is 337. The molecule has 17 heavy (non-hydrogen) atoms. The van der Waals surface area contributed by atoms with Crippen LogP contribution < -0.4 is 5.32 Å². The first kappa shape index (κ1) is 13.7. The van der Waals surface area contributed by atoms with Gasteiger partial charge < -0.3 is 10.4 Å². The number of benzene rings is 1. The van der Waals surface area contributed by atoms with Crippen molar-refractivity contribution < 1.29 is 9.90 Å². The Hall–Kier alpha value is -1.35. The SMILES string of the molecule is CCCC(Cc1ccccc1)NC(C)C(=O)O. The highest BCUT2D eigenvalue weighted by molar-refractivity contribution is 5.72. The molecule has 3 nitrogen and oxygen atoms in total. The van der Waals surface area contributed by atoms with E-state index < -0.39 is 12.0 Å². The van der Waals surface area contributed by atoms with E-state index in [-0.39, 0.29) is 6.04 Å². The summed E-state index contributed by atoms with van der Waals surface area (Å²) in [6.07, 6.45) is 2.93. The third-order valence-corrected chi connectivity index (χ3v) is 2.82. The van der Waals surface area contributed by atoms with Gasteiger partial charge in [0.25, 0.3) is 0 Å². The maximum atomic E-state index is 10.8. The number of aliphatic carboxylic acids is 1. The van der Waals surface area contributed by atoms with Crippen molar-refractivity contribution in [2.24, 2.45) is 0 Å². The van der Waals surface area contributed by atoms with Crippen LogP contribution in [0.3, 0.4) is 0 Å². The molecule has 0 amide bonds. The van der Waals surface area contributed by atoms with Gasteiger partial charge in [-0.15, -0.1) is 0 Å². The summed E-state index contributed by atoms with van der Waals surface area (Å²) in [5.74, 6) is -0.792. The van der Waals surface area contributed by atoms with Crippen LogP contribution >= 0.6 is 0 Å². The molecule has 1 aromatic rings. The first-order valence-electron chi connectivity index (χ1n) is 6.16. The number of carboxylic acids is 1. The minimum absolute atomic E-state index is 0.230. The van der Waals surface area contributed by atoms with Crippen molar-refractivity contribution in [1.29, 1.82) is 0 Å². The van der Waals surface area contributed by atoms with E-state index in [1.54, 1.807) is 6.92 Å². The fourth-order valence-electron chi connectivity index (χ4n) is 1.92. The highest BCUT2D eigenvalue weighted by atomic mass is 16.4. The Kier molecular flexibility index (Phi) is 5.70. The van der Waals surface area contributed by atoms with Crippen LogP contribution in [-0.4, -0.2) is 23.2 Å². The lowest BCUT2D eigenvalue weighted by molar-refractivity contribution is -0.139. The number of nitrogens with one attached hydrogen (secondary N) is 1. The van der Waals surface area contributed by atoms with E-state index in [1.807, 2.05) is 18.2 Å². The van der Waals surface area contributed by atoms with Crippen LogP contribution in [0.2, 0.25) is 0 Å². The molecule has 0 aliphatic carbocycles. The largest absolute Gasteiger partial charge is 0.480 e. The summed E-state index contributed by atoms with van der Waals surface area (Å²) in [5, 5.41) is 12.1. The second-order valence-corrected chi connectivity index (χ2v) is 4.40. The summed E-state index contributed by atoms with van der Waals surface area (Å²) >= 11 is 0. The summed E-state index contributed by atoms with van der Waals surface area (Å²) in [7, 11) is 0. The smallest absolute Gasteiger partial charge is 0.320 e. The van der Waals surface area contributed by atoms with Crippen molar-refractivity contribution in [2.45, 2.75) is 45.2 Å². The van der Waals surface area contributed by atoms with Crippen molar-refractivity contribution in [3.05, 3.63) is 35.9 Å². The highest BCUT2D eigenvalue weighted by Gasteiger charge is 2.16. The predicted molar refractivity (Wildman–Crippen MR) is 69.1 cm³/mol. The standard InChI is InChI=1S/C14H21NO2/c1-3-7-13(15-11(2)14(16)17)10-12-8-5-4-6-9-12/h4-6,8-9,11,13,15H,3,7,10H2,1-2H3,(H,16,17). The van der Waals surface area contributed by atoms with E-state index in [0.717, 1.165) is 19.3 Å². The van der Waals surface area contributed by atoms with E-state index >= 15 is 0 Å². The van der Waals surface area contributed by atoms with Gasteiger partial charge in [0.15, 0.2) is 0 Å². The van der Waals surface area contributed by atoms with Crippen LogP contribution in [-0.2, 0) is 11.2 Å². The number of carboxylic acid groups (broad SMARTS) is 1. The van der Waals surface area contributed by atoms with Gasteiger partial charge in [-0.05, 0) is 25.3 Å². The number of hydrogen-bond donors (Lipinski definition) is 2. The first-order valence-corrected chi connectivity index (χ1v) is 6.16. The van der Waals surface area contributed by atoms with E-state index in [0.29, 0.717) is 0 Å². The van der Waals surface area contributed by atoms with Crippen LogP contribution in [0.5, 0.6) is 0 Å². The number of rotatable bonds is 7. The third kappa shape index (κ3) is 5.00. The molecule has 0 heterocycles. The second-order valence-electron chi connectivity index (χ2n) is 4.40. The van der Waals surface area contributed by atoms with Crippen LogP contribution in [0, 0.1) is 0 Å². The second kappa shape index (κ2) is 7.07. The lowest BCUT2D eigenvalue weighted by Gasteiger charge is -2.20. The van der Waals surface area contributed by atoms with Crippen molar-refractivity contribution in [2.75, 3.05) is 0 Å². The Morgan fingerprint density at radius 3 is 2.53 bits per heavy atom. The fraction of sp³-hybridized carbons (Fsp3) is 0.500. The van der Waals surface area contributed by atoms with Gasteiger partial charge in [0.05, 0.1) is 0 Å². The van der Waals surface area contributed by atoms with E-state index in [1.165, 1.54) is 5.56 Å². The molecule has 94 valence electrons. The monoisotopic (exact) mass is 235 g/mol. The van der Waals surface area contributed by atoms with Crippen molar-refractivity contribution in [1.82, 2.24) is 5.32 Å². The Labute approximate surface area is 103 Å². The van der Waals surface area contributed by atoms with Gasteiger partial charge in [0.2, 0.25) is 0 Å². The molecule has 2 atom stereocenters. The molecule has 0 aliphatic rings. The third-order valence-electron chi connectivity index (χ3n) is 2.82. The Balaban J connectivity index is 2.57. The molecule has 0 saturated heterocycles. The predicted octanol–water partition coefficient (Wildman–Crippen LogP) is 2.46. The molecule has 2 unspecified atom stereocenters. The minimum Gasteiger partial charge on any atom is -0.480 e. The highest BCUT2D eigenvalue weighted by Crippen LogP contribution is 2.08. The van der Waals surface area contributed by atoms with E-state index in [4.69, 9.17) is 5.11 Å². The molecular weight excluding hydrogens is 214 g/mol. The van der Waals surface area contributed by atoms with Crippen LogP contribution in [0.4, 0.5) is 0 Å². The lowest BCUT2D eigenvalue weighted by atomic mass is 10.0. The Morgan fingerprint density at radius 1 is 1.35 bits per heavy atom. The molecular formula is C14H21NO2. The molecule has 0 aliphatic heterocycles. The molecule has 3 heteroatoms. The average molecular weight is 235 g/mol. The number of hydrogen-bond acceptors (Lipinski definition) is 2. The van der Waals surface area contributed by atoms with Crippen LogP contribution in [0.15, 0.2) is 30.3 Å². The molecule has 0 spiro atoms. The summed E-state index contributed by atoms with van der Waals surface area (Å²) in [6.45, 7) is 3.81. The maximum Gasteiger partial charge on any atom is 0.320 e. The van der Waals surface area contributed by atoms with Crippen molar-refractivity contribution in [3.8, 4) is 0 Å². The minimum atomic E-state index is -0.792. The normalized spacial score (nSPS) is 14.2. The van der Waals surface area contributed by atoms with Gasteiger partial charge in [-0.25, -0.2) is 0 Å². The van der Waals surface area contributed by atoms with Gasteiger partial charge in [-0.2, -0.15) is 0 Å². The van der Waals surface area contributed by atoms with Crippen LogP contribution in [0.25, 0.3) is 0 Å². The zero-order chi connectivity index (χ0) is 12.7. The van der Waals surface area contributed by atoms with Gasteiger partial charge in [-0.1, -0.05) is 43.7 Å². The van der Waals surface area contributed by atoms with Gasteiger partial charge in [0.1, 0.15) is 6.04 Å². The van der Waals surface area contributed by atoms with Crippen LogP contribution in [0.1, 0.15) is 32.3 Å².